The van der Waals surface area contributed by atoms with Crippen molar-refractivity contribution in [3.8, 4) is 23.0 Å². The third kappa shape index (κ3) is 6.62. The maximum absolute atomic E-state index is 15.1. The second kappa shape index (κ2) is 12.7. The topological polar surface area (TPSA) is 136 Å². The van der Waals surface area contributed by atoms with Crippen molar-refractivity contribution in [2.24, 2.45) is 5.41 Å². The summed E-state index contributed by atoms with van der Waals surface area (Å²) in [6, 6.07) is 13.6. The second-order valence-corrected chi connectivity index (χ2v) is 9.26. The summed E-state index contributed by atoms with van der Waals surface area (Å²) >= 11 is 0. The Bertz CT molecular complexity index is 1670. The van der Waals surface area contributed by atoms with Crippen LogP contribution in [0, 0.1) is 17.0 Å². The van der Waals surface area contributed by atoms with Gasteiger partial charge in [-0.15, -0.1) is 0 Å². The van der Waals surface area contributed by atoms with Crippen LogP contribution in [0.2, 0.25) is 0 Å². The molecule has 42 heavy (non-hydrogen) atoms. The number of hydrogen-bond donors (Lipinski definition) is 3. The Balaban J connectivity index is 0.00000253. The van der Waals surface area contributed by atoms with Crippen LogP contribution in [0.1, 0.15) is 14.3 Å². The molecule has 1 aliphatic carbocycles. The molecule has 1 aliphatic rings. The zero-order valence-electron chi connectivity index (χ0n) is 23.6. The number of ether oxygens (including phenoxy) is 3. The SMILES string of the molecule is COc1cc2c(Oc3ccc(NC(=O)C4(C(=O)Nc5ccc(F)cc5)CC4)cc3F)ccnc2cc1OCC(=O)O.[H-].[Na+]. The summed E-state index contributed by atoms with van der Waals surface area (Å²) in [5.41, 5.74) is -0.431. The van der Waals surface area contributed by atoms with Gasteiger partial charge in [0.2, 0.25) is 11.8 Å². The molecule has 0 atom stereocenters. The quantitative estimate of drug-likeness (QED) is 0.190. The minimum Gasteiger partial charge on any atom is -1.00 e. The molecule has 212 valence electrons. The molecule has 3 aromatic carbocycles. The number of carboxylic acids is 1. The molecule has 2 amide bonds. The number of carboxylic acid groups (broad SMARTS) is 1. The van der Waals surface area contributed by atoms with Crippen LogP contribution in [0.25, 0.3) is 10.9 Å². The van der Waals surface area contributed by atoms with E-state index in [9.17, 15) is 18.8 Å². The molecule has 0 unspecified atom stereocenters. The van der Waals surface area contributed by atoms with Gasteiger partial charge in [-0.3, -0.25) is 14.6 Å². The van der Waals surface area contributed by atoms with Gasteiger partial charge < -0.3 is 31.4 Å². The molecule has 1 saturated carbocycles. The zero-order chi connectivity index (χ0) is 29.1. The van der Waals surface area contributed by atoms with Crippen molar-refractivity contribution >= 4 is 40.1 Å². The zero-order valence-corrected chi connectivity index (χ0v) is 24.6. The molecule has 1 heterocycles. The van der Waals surface area contributed by atoms with Gasteiger partial charge in [-0.2, -0.15) is 0 Å². The maximum atomic E-state index is 15.1. The number of anilines is 2. The summed E-state index contributed by atoms with van der Waals surface area (Å²) in [6.07, 6.45) is 2.07. The molecule has 13 heteroatoms. The van der Waals surface area contributed by atoms with Gasteiger partial charge in [0.25, 0.3) is 0 Å². The average Bonchev–Trinajstić information content (AvgIpc) is 3.77. The average molecular weight is 588 g/mol. The van der Waals surface area contributed by atoms with E-state index in [2.05, 4.69) is 15.6 Å². The Morgan fingerprint density at radius 1 is 0.905 bits per heavy atom. The van der Waals surface area contributed by atoms with Gasteiger partial charge in [0.05, 0.1) is 12.6 Å². The van der Waals surface area contributed by atoms with E-state index in [0.29, 0.717) is 29.4 Å². The summed E-state index contributed by atoms with van der Waals surface area (Å²) in [5, 5.41) is 14.5. The Labute approximate surface area is 261 Å². The molecule has 0 spiro atoms. The standard InChI is InChI=1S/C29H23F2N3O7.Na.H/c1-39-24-13-19-21(14-25(24)40-15-26(35)36)32-11-8-22(19)41-23-7-6-18(12-20(23)31)34-28(38)29(9-10-29)27(37)33-17-4-2-16(30)3-5-17;;/h2-8,11-14H,9-10,15H2,1H3,(H,33,37)(H,34,38)(H,35,36);;/q;+1;-1. The first-order chi connectivity index (χ1) is 19.7. The molecule has 0 bridgehead atoms. The monoisotopic (exact) mass is 587 g/mol. The van der Waals surface area contributed by atoms with Gasteiger partial charge in [0.1, 0.15) is 17.0 Å². The number of fused-ring (bicyclic) bond motifs is 1. The molecule has 0 radical (unpaired) electrons. The van der Waals surface area contributed by atoms with Crippen LogP contribution < -0.4 is 54.4 Å². The number of carbonyl (C=O) groups is 3. The molecular weight excluding hydrogens is 563 g/mol. The minimum absolute atomic E-state index is 0. The predicted octanol–water partition coefficient (Wildman–Crippen LogP) is 2.25. The van der Waals surface area contributed by atoms with Crippen LogP contribution in [0.5, 0.6) is 23.0 Å². The van der Waals surface area contributed by atoms with E-state index in [0.717, 1.165) is 6.07 Å². The van der Waals surface area contributed by atoms with E-state index in [-0.39, 0.29) is 59.7 Å². The van der Waals surface area contributed by atoms with Crippen LogP contribution in [0.4, 0.5) is 20.2 Å². The summed E-state index contributed by atoms with van der Waals surface area (Å²) in [5.74, 6) is -3.01. The summed E-state index contributed by atoms with van der Waals surface area (Å²) in [4.78, 5) is 40.8. The number of rotatable bonds is 10. The normalized spacial score (nSPS) is 12.9. The number of pyridine rings is 1. The van der Waals surface area contributed by atoms with Crippen molar-refractivity contribution in [2.45, 2.75) is 12.8 Å². The first-order valence-corrected chi connectivity index (χ1v) is 12.4. The number of nitrogens with one attached hydrogen (secondary N) is 2. The molecule has 5 rings (SSSR count). The molecule has 1 fully saturated rings. The minimum atomic E-state index is -1.30. The number of nitrogens with zero attached hydrogens (tertiary/aromatic N) is 1. The molecule has 1 aromatic heterocycles. The van der Waals surface area contributed by atoms with E-state index >= 15 is 4.39 Å². The van der Waals surface area contributed by atoms with Gasteiger partial charge in [-0.05, 0) is 61.4 Å². The fourth-order valence-electron chi connectivity index (χ4n) is 4.13. The van der Waals surface area contributed by atoms with Crippen molar-refractivity contribution < 1.29 is 73.5 Å². The van der Waals surface area contributed by atoms with Crippen molar-refractivity contribution in [1.29, 1.82) is 0 Å². The van der Waals surface area contributed by atoms with Crippen molar-refractivity contribution in [3.05, 3.63) is 78.5 Å². The Morgan fingerprint density at radius 2 is 1.57 bits per heavy atom. The summed E-state index contributed by atoms with van der Waals surface area (Å²) in [7, 11) is 1.39. The predicted molar refractivity (Wildman–Crippen MR) is 144 cm³/mol. The molecular formula is C29H24F2N3NaO7. The largest absolute Gasteiger partial charge is 1.00 e. The van der Waals surface area contributed by atoms with E-state index in [1.165, 1.54) is 67.9 Å². The van der Waals surface area contributed by atoms with Crippen LogP contribution in [0.15, 0.2) is 66.9 Å². The van der Waals surface area contributed by atoms with Crippen LogP contribution >= 0.6 is 0 Å². The van der Waals surface area contributed by atoms with Crippen molar-refractivity contribution in [1.82, 2.24) is 4.98 Å². The molecule has 0 aliphatic heterocycles. The summed E-state index contributed by atoms with van der Waals surface area (Å²) in [6.45, 7) is -0.577. The number of hydrogen-bond acceptors (Lipinski definition) is 7. The first kappa shape index (κ1) is 30.7. The van der Waals surface area contributed by atoms with Gasteiger partial charge in [-0.25, -0.2) is 13.6 Å². The maximum Gasteiger partial charge on any atom is 1.00 e. The smallest absolute Gasteiger partial charge is 1.00 e. The first-order valence-electron chi connectivity index (χ1n) is 12.4. The number of carbonyl (C=O) groups excluding carboxylic acids is 2. The van der Waals surface area contributed by atoms with Gasteiger partial charge in [-0.1, -0.05) is 0 Å². The number of aliphatic carboxylic acids is 1. The van der Waals surface area contributed by atoms with Crippen molar-refractivity contribution in [3.63, 3.8) is 0 Å². The molecule has 4 aromatic rings. The van der Waals surface area contributed by atoms with E-state index in [1.807, 2.05) is 0 Å². The molecule has 10 nitrogen and oxygen atoms in total. The third-order valence-corrected chi connectivity index (χ3v) is 6.47. The number of halogens is 2. The van der Waals surface area contributed by atoms with Crippen LogP contribution in [0.3, 0.4) is 0 Å². The van der Waals surface area contributed by atoms with E-state index in [1.54, 1.807) is 0 Å². The molecule has 3 N–H and O–H groups in total. The Morgan fingerprint density at radius 3 is 2.19 bits per heavy atom. The van der Waals surface area contributed by atoms with E-state index in [4.69, 9.17) is 19.3 Å². The van der Waals surface area contributed by atoms with E-state index < -0.39 is 41.4 Å². The van der Waals surface area contributed by atoms with Gasteiger partial charge in [0.15, 0.2) is 29.7 Å². The van der Waals surface area contributed by atoms with Crippen LogP contribution in [-0.2, 0) is 14.4 Å². The second-order valence-electron chi connectivity index (χ2n) is 9.26. The van der Waals surface area contributed by atoms with Crippen LogP contribution in [-0.4, -0.2) is 41.6 Å². The third-order valence-electron chi connectivity index (χ3n) is 6.47. The number of aromatic nitrogens is 1. The number of amides is 2. The summed E-state index contributed by atoms with van der Waals surface area (Å²) < 4.78 is 44.6. The van der Waals surface area contributed by atoms with Crippen molar-refractivity contribution in [2.75, 3.05) is 24.4 Å². The number of benzene rings is 3. The Kier molecular flexibility index (Phi) is 9.30. The fourth-order valence-corrected chi connectivity index (χ4v) is 4.13. The Hall–Kier alpha value is -4.26. The fraction of sp³-hybridized carbons (Fsp3) is 0.172. The van der Waals surface area contributed by atoms with Gasteiger partial charge in [0, 0.05) is 35.1 Å². The van der Waals surface area contributed by atoms with Gasteiger partial charge >= 0.3 is 35.5 Å². The molecule has 0 saturated heterocycles. The number of methoxy groups -OCH3 is 1.